The summed E-state index contributed by atoms with van der Waals surface area (Å²) in [6, 6.07) is 8.33. The molecule has 1 unspecified atom stereocenters. The molecule has 148 valence electrons. The number of aryl methyl sites for hydroxylation is 1. The van der Waals surface area contributed by atoms with Crippen LogP contribution in [-0.2, 0) is 9.59 Å². The normalized spacial score (nSPS) is 11.9. The summed E-state index contributed by atoms with van der Waals surface area (Å²) in [6.45, 7) is 3.05. The Morgan fingerprint density at radius 2 is 1.75 bits per heavy atom. The molecule has 0 spiro atoms. The van der Waals surface area contributed by atoms with Crippen LogP contribution in [-0.4, -0.2) is 32.0 Å². The van der Waals surface area contributed by atoms with E-state index in [1.807, 2.05) is 6.92 Å². The molecule has 28 heavy (non-hydrogen) atoms. The molecule has 0 radical (unpaired) electrons. The Hall–Kier alpha value is -2.64. The van der Waals surface area contributed by atoms with Gasteiger partial charge in [-0.3, -0.25) is 9.59 Å². The SMILES string of the molecule is COc1ccc(N(Cl)C(=O)C(N=Nc2cc(Cl)ccc2C)C(C)=O)cc1OC. The van der Waals surface area contributed by atoms with Crippen LogP contribution in [0.2, 0.25) is 5.02 Å². The molecular formula is C19H19Cl2N3O4. The molecule has 0 saturated heterocycles. The molecule has 1 atom stereocenters. The zero-order chi connectivity index (χ0) is 20.8. The summed E-state index contributed by atoms with van der Waals surface area (Å²) < 4.78 is 11.2. The van der Waals surface area contributed by atoms with E-state index >= 15 is 0 Å². The minimum absolute atomic E-state index is 0.296. The number of carbonyl (C=O) groups is 2. The third-order valence-electron chi connectivity index (χ3n) is 3.86. The van der Waals surface area contributed by atoms with Gasteiger partial charge in [0.05, 0.1) is 25.6 Å². The van der Waals surface area contributed by atoms with E-state index in [1.165, 1.54) is 27.2 Å². The average molecular weight is 424 g/mol. The van der Waals surface area contributed by atoms with Gasteiger partial charge in [0, 0.05) is 22.9 Å². The van der Waals surface area contributed by atoms with Crippen molar-refractivity contribution in [2.24, 2.45) is 10.2 Å². The Morgan fingerprint density at radius 3 is 2.36 bits per heavy atom. The third kappa shape index (κ3) is 4.99. The van der Waals surface area contributed by atoms with Crippen molar-refractivity contribution >= 4 is 46.4 Å². The zero-order valence-corrected chi connectivity index (χ0v) is 17.3. The van der Waals surface area contributed by atoms with Gasteiger partial charge in [0.25, 0.3) is 5.91 Å². The monoisotopic (exact) mass is 423 g/mol. The molecule has 0 heterocycles. The van der Waals surface area contributed by atoms with E-state index in [0.29, 0.717) is 27.9 Å². The number of ether oxygens (including phenoxy) is 2. The quantitative estimate of drug-likeness (QED) is 0.360. The number of carbonyl (C=O) groups excluding carboxylic acids is 2. The van der Waals surface area contributed by atoms with Crippen LogP contribution in [0.3, 0.4) is 0 Å². The average Bonchev–Trinajstić information content (AvgIpc) is 2.68. The molecule has 0 fully saturated rings. The molecule has 2 aromatic rings. The van der Waals surface area contributed by atoms with Gasteiger partial charge < -0.3 is 9.47 Å². The first kappa shape index (κ1) is 21.7. The molecule has 0 aliphatic heterocycles. The van der Waals surface area contributed by atoms with Crippen LogP contribution < -0.4 is 13.9 Å². The van der Waals surface area contributed by atoms with E-state index < -0.39 is 17.7 Å². The standard InChI is InChI=1S/C19H19Cl2N3O4/c1-11-5-6-13(20)9-15(11)22-23-18(12(2)25)19(26)24(21)14-7-8-16(27-3)17(10-14)28-4/h5-10,18H,1-4H3. The fraction of sp³-hybridized carbons (Fsp3) is 0.263. The number of rotatable bonds is 7. The first-order chi connectivity index (χ1) is 13.3. The van der Waals surface area contributed by atoms with Gasteiger partial charge in [0.1, 0.15) is 0 Å². The lowest BCUT2D eigenvalue weighted by atomic mass is 10.2. The summed E-state index contributed by atoms with van der Waals surface area (Å²) in [6.07, 6.45) is 0. The molecule has 9 heteroatoms. The lowest BCUT2D eigenvalue weighted by Gasteiger charge is -2.18. The van der Waals surface area contributed by atoms with Gasteiger partial charge in [0.2, 0.25) is 6.04 Å². The van der Waals surface area contributed by atoms with Gasteiger partial charge in [0.15, 0.2) is 17.3 Å². The van der Waals surface area contributed by atoms with Crippen molar-refractivity contribution in [3.63, 3.8) is 0 Å². The number of ketones is 1. The summed E-state index contributed by atoms with van der Waals surface area (Å²) in [5.41, 5.74) is 1.55. The number of methoxy groups -OCH3 is 2. The van der Waals surface area contributed by atoms with E-state index in [-0.39, 0.29) is 0 Å². The van der Waals surface area contributed by atoms with Crippen LogP contribution >= 0.6 is 23.4 Å². The van der Waals surface area contributed by atoms with E-state index in [1.54, 1.807) is 30.3 Å². The molecule has 0 aliphatic rings. The highest BCUT2D eigenvalue weighted by atomic mass is 35.5. The first-order valence-corrected chi connectivity index (χ1v) is 8.89. The van der Waals surface area contributed by atoms with Crippen LogP contribution in [0.5, 0.6) is 11.5 Å². The number of hydrogen-bond acceptors (Lipinski definition) is 6. The van der Waals surface area contributed by atoms with Crippen LogP contribution in [0.25, 0.3) is 0 Å². The Kier molecular flexibility index (Phi) is 7.37. The van der Waals surface area contributed by atoms with Crippen LogP contribution in [0, 0.1) is 6.92 Å². The summed E-state index contributed by atoms with van der Waals surface area (Å²) in [7, 11) is 2.95. The first-order valence-electron chi connectivity index (χ1n) is 8.17. The summed E-state index contributed by atoms with van der Waals surface area (Å²) >= 11 is 12.1. The van der Waals surface area contributed by atoms with Gasteiger partial charge >= 0.3 is 0 Å². The molecule has 0 bridgehead atoms. The number of Topliss-reactive ketones (excluding diaryl/α,β-unsaturated/α-hetero) is 1. The van der Waals surface area contributed by atoms with Crippen molar-refractivity contribution < 1.29 is 19.1 Å². The molecule has 0 N–H and O–H groups in total. The summed E-state index contributed by atoms with van der Waals surface area (Å²) in [5.74, 6) is -0.388. The Balaban J connectivity index is 2.30. The highest BCUT2D eigenvalue weighted by Crippen LogP contribution is 2.32. The summed E-state index contributed by atoms with van der Waals surface area (Å²) in [4.78, 5) is 24.7. The fourth-order valence-corrected chi connectivity index (χ4v) is 2.66. The number of anilines is 1. The molecule has 2 rings (SSSR count). The number of halogens is 2. The van der Waals surface area contributed by atoms with Crippen molar-refractivity contribution in [3.05, 3.63) is 47.0 Å². The third-order valence-corrected chi connectivity index (χ3v) is 4.46. The maximum atomic E-state index is 12.7. The smallest absolute Gasteiger partial charge is 0.276 e. The highest BCUT2D eigenvalue weighted by molar-refractivity contribution is 6.39. The number of hydrogen-bond donors (Lipinski definition) is 0. The van der Waals surface area contributed by atoms with Crippen LogP contribution in [0.1, 0.15) is 12.5 Å². The number of benzene rings is 2. The Bertz CT molecular complexity index is 918. The zero-order valence-electron chi connectivity index (χ0n) is 15.8. The molecule has 7 nitrogen and oxygen atoms in total. The topological polar surface area (TPSA) is 80.6 Å². The van der Waals surface area contributed by atoms with Crippen molar-refractivity contribution in [2.75, 3.05) is 18.6 Å². The maximum absolute atomic E-state index is 12.7. The largest absolute Gasteiger partial charge is 0.493 e. The summed E-state index contributed by atoms with van der Waals surface area (Å²) in [5, 5.41) is 8.39. The van der Waals surface area contributed by atoms with E-state index in [2.05, 4.69) is 10.2 Å². The van der Waals surface area contributed by atoms with Crippen LogP contribution in [0.15, 0.2) is 46.6 Å². The Labute approximate surface area is 173 Å². The number of amides is 1. The van der Waals surface area contributed by atoms with Gasteiger partial charge in [-0.2, -0.15) is 10.2 Å². The van der Waals surface area contributed by atoms with E-state index in [0.717, 1.165) is 9.98 Å². The van der Waals surface area contributed by atoms with Crippen molar-refractivity contribution in [3.8, 4) is 11.5 Å². The second-order valence-corrected chi connectivity index (χ2v) is 6.59. The second kappa shape index (κ2) is 9.52. The minimum atomic E-state index is -1.40. The lowest BCUT2D eigenvalue weighted by Crippen LogP contribution is -2.36. The van der Waals surface area contributed by atoms with Gasteiger partial charge in [-0.05, 0) is 43.7 Å². The minimum Gasteiger partial charge on any atom is -0.493 e. The van der Waals surface area contributed by atoms with E-state index in [9.17, 15) is 9.59 Å². The molecule has 1 amide bonds. The molecule has 2 aromatic carbocycles. The van der Waals surface area contributed by atoms with Crippen molar-refractivity contribution in [1.82, 2.24) is 0 Å². The second-order valence-electron chi connectivity index (χ2n) is 5.82. The molecular weight excluding hydrogens is 405 g/mol. The van der Waals surface area contributed by atoms with Gasteiger partial charge in [-0.25, -0.2) is 4.42 Å². The Morgan fingerprint density at radius 1 is 1.07 bits per heavy atom. The van der Waals surface area contributed by atoms with Gasteiger partial charge in [-0.15, -0.1) is 0 Å². The molecule has 0 saturated carbocycles. The fourth-order valence-electron chi connectivity index (χ4n) is 2.30. The van der Waals surface area contributed by atoms with Crippen molar-refractivity contribution in [2.45, 2.75) is 19.9 Å². The number of nitrogens with zero attached hydrogens (tertiary/aromatic N) is 3. The predicted octanol–water partition coefficient (Wildman–Crippen LogP) is 4.89. The number of azo groups is 1. The van der Waals surface area contributed by atoms with Crippen molar-refractivity contribution in [1.29, 1.82) is 0 Å². The molecule has 0 aliphatic carbocycles. The van der Waals surface area contributed by atoms with E-state index in [4.69, 9.17) is 32.9 Å². The van der Waals surface area contributed by atoms with Gasteiger partial charge in [-0.1, -0.05) is 17.7 Å². The lowest BCUT2D eigenvalue weighted by molar-refractivity contribution is -0.126. The molecule has 0 aromatic heterocycles. The van der Waals surface area contributed by atoms with Crippen LogP contribution in [0.4, 0.5) is 11.4 Å². The predicted molar refractivity (Wildman–Crippen MR) is 108 cm³/mol. The maximum Gasteiger partial charge on any atom is 0.276 e. The highest BCUT2D eigenvalue weighted by Gasteiger charge is 2.29.